The molecule has 0 aliphatic carbocycles. The summed E-state index contributed by atoms with van der Waals surface area (Å²) < 4.78 is 0. The first-order valence-corrected chi connectivity index (χ1v) is 6.68. The van der Waals surface area contributed by atoms with E-state index in [-0.39, 0.29) is 0 Å². The van der Waals surface area contributed by atoms with Gasteiger partial charge in [-0.15, -0.1) is 0 Å². The molecule has 0 spiro atoms. The van der Waals surface area contributed by atoms with Crippen molar-refractivity contribution in [2.24, 2.45) is 5.92 Å². The van der Waals surface area contributed by atoms with E-state index in [9.17, 15) is 0 Å². The number of nitriles is 1. The maximum Gasteiger partial charge on any atom is 0.0991 e. The topological polar surface area (TPSA) is 23.8 Å². The second-order valence-electron chi connectivity index (χ2n) is 5.37. The lowest BCUT2D eigenvalue weighted by molar-refractivity contribution is 0.564. The fourth-order valence-electron chi connectivity index (χ4n) is 2.50. The molecule has 0 heterocycles. The van der Waals surface area contributed by atoms with Gasteiger partial charge in [0.15, 0.2) is 0 Å². The number of benzene rings is 2. The molecule has 2 aromatic carbocycles. The van der Waals surface area contributed by atoms with Gasteiger partial charge in [-0.05, 0) is 36.1 Å². The lowest BCUT2D eigenvalue weighted by atomic mass is 9.82. The van der Waals surface area contributed by atoms with Crippen molar-refractivity contribution in [2.45, 2.75) is 26.7 Å². The van der Waals surface area contributed by atoms with Gasteiger partial charge in [0.05, 0.1) is 11.6 Å². The Labute approximate surface area is 115 Å². The molecule has 0 amide bonds. The molecule has 0 aliphatic heterocycles. The zero-order chi connectivity index (χ0) is 13.8. The first kappa shape index (κ1) is 13.4. The standard InChI is InChI=1S/C18H19N/c1-13(2)18(16-8-4-14(3)5-9-16)17-10-6-15(12-19)7-11-17/h4-11,13,18H,1-3H3. The highest BCUT2D eigenvalue weighted by atomic mass is 14.2. The molecule has 0 fully saturated rings. The van der Waals surface area contributed by atoms with Gasteiger partial charge >= 0.3 is 0 Å². The van der Waals surface area contributed by atoms with Crippen LogP contribution in [0.4, 0.5) is 0 Å². The first-order valence-electron chi connectivity index (χ1n) is 6.68. The molecule has 0 bridgehead atoms. The minimum Gasteiger partial charge on any atom is -0.192 e. The number of aryl methyl sites for hydroxylation is 1. The van der Waals surface area contributed by atoms with Crippen molar-refractivity contribution >= 4 is 0 Å². The lowest BCUT2D eigenvalue weighted by Crippen LogP contribution is -2.08. The van der Waals surface area contributed by atoms with E-state index in [0.717, 1.165) is 5.56 Å². The fraction of sp³-hybridized carbons (Fsp3) is 0.278. The molecule has 0 saturated heterocycles. The van der Waals surface area contributed by atoms with Gasteiger partial charge in [0.1, 0.15) is 0 Å². The van der Waals surface area contributed by atoms with Crippen LogP contribution in [0.1, 0.15) is 42.0 Å². The van der Waals surface area contributed by atoms with Gasteiger partial charge in [0, 0.05) is 5.92 Å². The summed E-state index contributed by atoms with van der Waals surface area (Å²) in [7, 11) is 0. The summed E-state index contributed by atoms with van der Waals surface area (Å²) in [6.45, 7) is 6.58. The molecule has 2 aromatic rings. The summed E-state index contributed by atoms with van der Waals surface area (Å²) in [6.07, 6.45) is 0. The van der Waals surface area contributed by atoms with E-state index in [4.69, 9.17) is 5.26 Å². The zero-order valence-corrected chi connectivity index (χ0v) is 11.7. The van der Waals surface area contributed by atoms with Crippen LogP contribution in [0.5, 0.6) is 0 Å². The van der Waals surface area contributed by atoms with Crippen molar-refractivity contribution in [3.8, 4) is 6.07 Å². The minimum absolute atomic E-state index is 0.383. The Morgan fingerprint density at radius 2 is 1.32 bits per heavy atom. The Morgan fingerprint density at radius 3 is 1.74 bits per heavy atom. The van der Waals surface area contributed by atoms with Gasteiger partial charge in [-0.3, -0.25) is 0 Å². The number of rotatable bonds is 3. The van der Waals surface area contributed by atoms with Crippen LogP contribution in [-0.2, 0) is 0 Å². The summed E-state index contributed by atoms with van der Waals surface area (Å²) in [6, 6.07) is 18.9. The Kier molecular flexibility index (Phi) is 4.02. The van der Waals surface area contributed by atoms with Crippen LogP contribution in [-0.4, -0.2) is 0 Å². The third-order valence-corrected chi connectivity index (χ3v) is 3.50. The molecule has 0 saturated carbocycles. The van der Waals surface area contributed by atoms with E-state index in [1.165, 1.54) is 16.7 Å². The van der Waals surface area contributed by atoms with Crippen LogP contribution < -0.4 is 0 Å². The van der Waals surface area contributed by atoms with Gasteiger partial charge in [0.2, 0.25) is 0 Å². The average molecular weight is 249 g/mol. The highest BCUT2D eigenvalue weighted by molar-refractivity contribution is 5.38. The molecule has 0 aliphatic rings. The smallest absolute Gasteiger partial charge is 0.0991 e. The summed E-state index contributed by atoms with van der Waals surface area (Å²) in [5.41, 5.74) is 4.62. The van der Waals surface area contributed by atoms with Gasteiger partial charge < -0.3 is 0 Å². The molecule has 1 nitrogen and oxygen atoms in total. The molecule has 1 atom stereocenters. The largest absolute Gasteiger partial charge is 0.192 e. The predicted molar refractivity (Wildman–Crippen MR) is 79.0 cm³/mol. The average Bonchev–Trinajstić information content (AvgIpc) is 2.42. The molecule has 0 N–H and O–H groups in total. The Balaban J connectivity index is 2.39. The maximum absolute atomic E-state index is 8.87. The highest BCUT2D eigenvalue weighted by Gasteiger charge is 2.17. The maximum atomic E-state index is 8.87. The molecule has 0 radical (unpaired) electrons. The van der Waals surface area contributed by atoms with E-state index in [1.807, 2.05) is 12.1 Å². The Bertz CT molecular complexity index is 571. The molecule has 1 heteroatoms. The van der Waals surface area contributed by atoms with Crippen LogP contribution in [0.25, 0.3) is 0 Å². The monoisotopic (exact) mass is 249 g/mol. The van der Waals surface area contributed by atoms with E-state index < -0.39 is 0 Å². The second-order valence-corrected chi connectivity index (χ2v) is 5.37. The van der Waals surface area contributed by atoms with Crippen LogP contribution in [0.3, 0.4) is 0 Å². The highest BCUT2D eigenvalue weighted by Crippen LogP contribution is 2.32. The second kappa shape index (κ2) is 5.71. The summed E-state index contributed by atoms with van der Waals surface area (Å²) in [4.78, 5) is 0. The summed E-state index contributed by atoms with van der Waals surface area (Å²) in [5.74, 6) is 0.906. The fourth-order valence-corrected chi connectivity index (χ4v) is 2.50. The van der Waals surface area contributed by atoms with E-state index in [0.29, 0.717) is 11.8 Å². The molecular formula is C18H19N. The zero-order valence-electron chi connectivity index (χ0n) is 11.7. The lowest BCUT2D eigenvalue weighted by Gasteiger charge is -2.22. The van der Waals surface area contributed by atoms with E-state index >= 15 is 0 Å². The number of hydrogen-bond donors (Lipinski definition) is 0. The van der Waals surface area contributed by atoms with Crippen molar-refractivity contribution in [1.29, 1.82) is 5.26 Å². The van der Waals surface area contributed by atoms with Crippen LogP contribution in [0.15, 0.2) is 48.5 Å². The molecular weight excluding hydrogens is 230 g/mol. The quantitative estimate of drug-likeness (QED) is 0.776. The third kappa shape index (κ3) is 3.03. The van der Waals surface area contributed by atoms with Crippen molar-refractivity contribution in [3.05, 3.63) is 70.8 Å². The SMILES string of the molecule is Cc1ccc(C(c2ccc(C#N)cc2)C(C)C)cc1. The van der Waals surface area contributed by atoms with Crippen LogP contribution in [0, 0.1) is 24.2 Å². The van der Waals surface area contributed by atoms with E-state index in [1.54, 1.807) is 0 Å². The summed E-state index contributed by atoms with van der Waals surface area (Å²) >= 11 is 0. The van der Waals surface area contributed by atoms with Gasteiger partial charge in [0.25, 0.3) is 0 Å². The van der Waals surface area contributed by atoms with Crippen molar-refractivity contribution in [1.82, 2.24) is 0 Å². The molecule has 96 valence electrons. The normalized spacial score (nSPS) is 12.2. The molecule has 19 heavy (non-hydrogen) atoms. The molecule has 1 unspecified atom stereocenters. The predicted octanol–water partition coefficient (Wildman–Crippen LogP) is 4.65. The number of hydrogen-bond acceptors (Lipinski definition) is 1. The van der Waals surface area contributed by atoms with Crippen molar-refractivity contribution in [3.63, 3.8) is 0 Å². The summed E-state index contributed by atoms with van der Waals surface area (Å²) in [5, 5.41) is 8.87. The molecule has 0 aromatic heterocycles. The third-order valence-electron chi connectivity index (χ3n) is 3.50. The van der Waals surface area contributed by atoms with E-state index in [2.05, 4.69) is 63.2 Å². The van der Waals surface area contributed by atoms with Crippen molar-refractivity contribution in [2.75, 3.05) is 0 Å². The Morgan fingerprint density at radius 1 is 0.842 bits per heavy atom. The van der Waals surface area contributed by atoms with Gasteiger partial charge in [-0.1, -0.05) is 55.8 Å². The van der Waals surface area contributed by atoms with Gasteiger partial charge in [-0.2, -0.15) is 5.26 Å². The molecule has 2 rings (SSSR count). The van der Waals surface area contributed by atoms with Crippen LogP contribution in [0.2, 0.25) is 0 Å². The van der Waals surface area contributed by atoms with Crippen LogP contribution >= 0.6 is 0 Å². The van der Waals surface area contributed by atoms with Crippen molar-refractivity contribution < 1.29 is 0 Å². The first-order chi connectivity index (χ1) is 9.11. The number of nitrogens with zero attached hydrogens (tertiary/aromatic N) is 1. The van der Waals surface area contributed by atoms with Gasteiger partial charge in [-0.25, -0.2) is 0 Å². The minimum atomic E-state index is 0.383. The Hall–Kier alpha value is -2.07.